The topological polar surface area (TPSA) is 26.7 Å². The molecule has 0 spiro atoms. The zero-order chi connectivity index (χ0) is 10.6. The van der Waals surface area contributed by atoms with Crippen LogP contribution < -0.4 is 0 Å². The smallest absolute Gasteiger partial charge is 0.0446 e. The zero-order valence-electron chi connectivity index (χ0n) is 9.74. The highest BCUT2D eigenvalue weighted by molar-refractivity contribution is 4.82. The maximum atomic E-state index is 9.05. The van der Waals surface area contributed by atoms with E-state index in [2.05, 4.69) is 30.7 Å². The summed E-state index contributed by atoms with van der Waals surface area (Å²) in [7, 11) is 2.18. The molecule has 1 fully saturated rings. The van der Waals surface area contributed by atoms with Crippen LogP contribution in [0.25, 0.3) is 0 Å². The van der Waals surface area contributed by atoms with Crippen LogP contribution in [0.1, 0.15) is 26.7 Å². The molecule has 1 aliphatic heterocycles. The summed E-state index contributed by atoms with van der Waals surface area (Å²) < 4.78 is 0. The fourth-order valence-corrected chi connectivity index (χ4v) is 2.46. The summed E-state index contributed by atoms with van der Waals surface area (Å²) in [6.45, 7) is 8.19. The molecule has 0 aromatic heterocycles. The quantitative estimate of drug-likeness (QED) is 0.729. The van der Waals surface area contributed by atoms with Gasteiger partial charge in [-0.1, -0.05) is 6.92 Å². The Balaban J connectivity index is 2.63. The van der Waals surface area contributed by atoms with Crippen LogP contribution in [0.5, 0.6) is 0 Å². The predicted octanol–water partition coefficient (Wildman–Crippen LogP) is 0.783. The third-order valence-electron chi connectivity index (χ3n) is 3.31. The Bertz CT molecular complexity index is 163. The molecule has 0 bridgehead atoms. The molecule has 2 unspecified atom stereocenters. The van der Waals surface area contributed by atoms with E-state index >= 15 is 0 Å². The molecule has 0 saturated carbocycles. The van der Waals surface area contributed by atoms with Crippen LogP contribution >= 0.6 is 0 Å². The molecule has 0 radical (unpaired) electrons. The summed E-state index contributed by atoms with van der Waals surface area (Å²) in [6.07, 6.45) is 2.15. The molecule has 1 N–H and O–H groups in total. The zero-order valence-corrected chi connectivity index (χ0v) is 9.74. The van der Waals surface area contributed by atoms with Crippen molar-refractivity contribution in [3.63, 3.8) is 0 Å². The van der Waals surface area contributed by atoms with E-state index in [1.54, 1.807) is 0 Å². The Morgan fingerprint density at radius 3 is 2.71 bits per heavy atom. The van der Waals surface area contributed by atoms with Crippen LogP contribution in [0, 0.1) is 0 Å². The Hall–Kier alpha value is -0.120. The van der Waals surface area contributed by atoms with Crippen LogP contribution in [-0.4, -0.2) is 60.3 Å². The van der Waals surface area contributed by atoms with Crippen molar-refractivity contribution in [1.29, 1.82) is 0 Å². The fraction of sp³-hybridized carbons (Fsp3) is 1.00. The van der Waals surface area contributed by atoms with Crippen molar-refractivity contribution in [2.75, 3.05) is 33.3 Å². The summed E-state index contributed by atoms with van der Waals surface area (Å²) in [5.41, 5.74) is 0. The average Bonchev–Trinajstić information content (AvgIpc) is 2.27. The molecular weight excluding hydrogens is 176 g/mol. The Morgan fingerprint density at radius 1 is 1.43 bits per heavy atom. The molecule has 84 valence electrons. The summed E-state index contributed by atoms with van der Waals surface area (Å²) in [4.78, 5) is 4.91. The average molecular weight is 200 g/mol. The first kappa shape index (κ1) is 12.0. The van der Waals surface area contributed by atoms with Crippen LogP contribution in [0.3, 0.4) is 0 Å². The number of hydrogen-bond acceptors (Lipinski definition) is 3. The van der Waals surface area contributed by atoms with Crippen molar-refractivity contribution >= 4 is 0 Å². The first-order valence-corrected chi connectivity index (χ1v) is 5.74. The highest BCUT2D eigenvalue weighted by Gasteiger charge is 2.26. The second-order valence-corrected chi connectivity index (χ2v) is 4.40. The van der Waals surface area contributed by atoms with Crippen molar-refractivity contribution in [3.8, 4) is 0 Å². The Labute approximate surface area is 87.7 Å². The lowest BCUT2D eigenvalue weighted by atomic mass is 10.1. The van der Waals surface area contributed by atoms with Crippen LogP contribution in [-0.2, 0) is 0 Å². The van der Waals surface area contributed by atoms with E-state index in [1.165, 1.54) is 13.0 Å². The summed E-state index contributed by atoms with van der Waals surface area (Å²) in [5.74, 6) is 0. The van der Waals surface area contributed by atoms with E-state index in [9.17, 15) is 0 Å². The monoisotopic (exact) mass is 200 g/mol. The van der Waals surface area contributed by atoms with Gasteiger partial charge < -0.3 is 10.0 Å². The molecule has 3 heteroatoms. The van der Waals surface area contributed by atoms with Gasteiger partial charge >= 0.3 is 0 Å². The van der Waals surface area contributed by atoms with Gasteiger partial charge in [-0.15, -0.1) is 0 Å². The molecule has 1 saturated heterocycles. The number of hydrogen-bond donors (Lipinski definition) is 1. The Morgan fingerprint density at radius 2 is 2.14 bits per heavy atom. The molecule has 1 aliphatic rings. The summed E-state index contributed by atoms with van der Waals surface area (Å²) in [5, 5.41) is 9.05. The van der Waals surface area contributed by atoms with Gasteiger partial charge in [0.05, 0.1) is 0 Å². The van der Waals surface area contributed by atoms with Crippen LogP contribution in [0.4, 0.5) is 0 Å². The number of aliphatic hydroxyl groups is 1. The standard InChI is InChI=1S/C11H24N2O/c1-4-13-10(2)5-7-12(3)9-11(13)6-8-14/h10-11,14H,4-9H2,1-3H3. The minimum Gasteiger partial charge on any atom is -0.396 e. The SMILES string of the molecule is CCN1C(C)CCN(C)CC1CCO. The fourth-order valence-electron chi connectivity index (χ4n) is 2.46. The van der Waals surface area contributed by atoms with Gasteiger partial charge in [0.25, 0.3) is 0 Å². The van der Waals surface area contributed by atoms with Gasteiger partial charge in [-0.25, -0.2) is 0 Å². The first-order chi connectivity index (χ1) is 6.69. The molecule has 14 heavy (non-hydrogen) atoms. The van der Waals surface area contributed by atoms with E-state index in [4.69, 9.17) is 5.11 Å². The predicted molar refractivity (Wildman–Crippen MR) is 59.4 cm³/mol. The van der Waals surface area contributed by atoms with Crippen molar-refractivity contribution in [2.24, 2.45) is 0 Å². The molecule has 0 aromatic rings. The number of nitrogens with zero attached hydrogens (tertiary/aromatic N) is 2. The normalized spacial score (nSPS) is 31.7. The van der Waals surface area contributed by atoms with Gasteiger partial charge in [-0.3, -0.25) is 4.90 Å². The van der Waals surface area contributed by atoms with Gasteiger partial charge in [0.2, 0.25) is 0 Å². The lowest BCUT2D eigenvalue weighted by Gasteiger charge is -2.33. The highest BCUT2D eigenvalue weighted by Crippen LogP contribution is 2.16. The molecule has 0 amide bonds. The van der Waals surface area contributed by atoms with Crippen LogP contribution in [0.15, 0.2) is 0 Å². The first-order valence-electron chi connectivity index (χ1n) is 5.74. The summed E-state index contributed by atoms with van der Waals surface area (Å²) in [6, 6.07) is 1.19. The summed E-state index contributed by atoms with van der Waals surface area (Å²) >= 11 is 0. The molecule has 1 rings (SSSR count). The van der Waals surface area contributed by atoms with Gasteiger partial charge in [0, 0.05) is 25.2 Å². The third kappa shape index (κ3) is 2.94. The van der Waals surface area contributed by atoms with Gasteiger partial charge in [-0.2, -0.15) is 0 Å². The largest absolute Gasteiger partial charge is 0.396 e. The van der Waals surface area contributed by atoms with E-state index < -0.39 is 0 Å². The minimum absolute atomic E-state index is 0.307. The molecule has 1 heterocycles. The number of rotatable bonds is 3. The highest BCUT2D eigenvalue weighted by atomic mass is 16.3. The van der Waals surface area contributed by atoms with Gasteiger partial charge in [-0.05, 0) is 39.9 Å². The molecule has 3 nitrogen and oxygen atoms in total. The molecule has 0 aliphatic carbocycles. The van der Waals surface area contributed by atoms with E-state index in [-0.39, 0.29) is 0 Å². The third-order valence-corrected chi connectivity index (χ3v) is 3.31. The maximum absolute atomic E-state index is 9.05. The van der Waals surface area contributed by atoms with E-state index in [0.29, 0.717) is 18.7 Å². The minimum atomic E-state index is 0.307. The molecule has 2 atom stereocenters. The van der Waals surface area contributed by atoms with E-state index in [1.807, 2.05) is 0 Å². The van der Waals surface area contributed by atoms with Crippen LogP contribution in [0.2, 0.25) is 0 Å². The van der Waals surface area contributed by atoms with Gasteiger partial charge in [0.1, 0.15) is 0 Å². The van der Waals surface area contributed by atoms with Crippen molar-refractivity contribution in [2.45, 2.75) is 38.8 Å². The Kier molecular flexibility index (Phi) is 4.85. The second kappa shape index (κ2) is 5.69. The lowest BCUT2D eigenvalue weighted by Crippen LogP contribution is -2.44. The van der Waals surface area contributed by atoms with Crippen molar-refractivity contribution in [3.05, 3.63) is 0 Å². The van der Waals surface area contributed by atoms with Crippen molar-refractivity contribution in [1.82, 2.24) is 9.80 Å². The number of aliphatic hydroxyl groups excluding tert-OH is 1. The van der Waals surface area contributed by atoms with E-state index in [0.717, 1.165) is 19.5 Å². The lowest BCUT2D eigenvalue weighted by molar-refractivity contribution is 0.123. The second-order valence-electron chi connectivity index (χ2n) is 4.40. The molecule has 0 aromatic carbocycles. The number of likely N-dealkylation sites (N-methyl/N-ethyl adjacent to an activating group) is 2. The maximum Gasteiger partial charge on any atom is 0.0446 e. The van der Waals surface area contributed by atoms with Crippen molar-refractivity contribution < 1.29 is 5.11 Å². The molecular formula is C11H24N2O. The van der Waals surface area contributed by atoms with Gasteiger partial charge in [0.15, 0.2) is 0 Å².